The lowest BCUT2D eigenvalue weighted by Crippen LogP contribution is -2.09. The molecular formula is C10H7FO2. The zero-order chi connectivity index (χ0) is 9.42. The molecule has 2 rings (SSSR count). The van der Waals surface area contributed by atoms with Gasteiger partial charge in [-0.2, -0.15) is 0 Å². The van der Waals surface area contributed by atoms with Crippen molar-refractivity contribution in [1.82, 2.24) is 0 Å². The largest absolute Gasteiger partial charge is 0.507 e. The van der Waals surface area contributed by atoms with Gasteiger partial charge < -0.3 is 5.11 Å². The van der Waals surface area contributed by atoms with Crippen LogP contribution in [0.15, 0.2) is 24.3 Å². The predicted molar refractivity (Wildman–Crippen MR) is 45.7 cm³/mol. The summed E-state index contributed by atoms with van der Waals surface area (Å²) in [6, 6.07) is 4.03. The molecule has 0 aromatic heterocycles. The van der Waals surface area contributed by atoms with Crippen LogP contribution < -0.4 is 0 Å². The van der Waals surface area contributed by atoms with Gasteiger partial charge in [0.2, 0.25) is 0 Å². The predicted octanol–water partition coefficient (Wildman–Crippen LogP) is 1.85. The molecular weight excluding hydrogens is 171 g/mol. The topological polar surface area (TPSA) is 37.3 Å². The van der Waals surface area contributed by atoms with Crippen LogP contribution in [0.5, 0.6) is 0 Å². The van der Waals surface area contributed by atoms with E-state index in [1.54, 1.807) is 0 Å². The minimum Gasteiger partial charge on any atom is -0.507 e. The second kappa shape index (κ2) is 2.69. The van der Waals surface area contributed by atoms with Crippen LogP contribution in [0.1, 0.15) is 11.1 Å². The summed E-state index contributed by atoms with van der Waals surface area (Å²) in [5, 5.41) is 9.33. The van der Waals surface area contributed by atoms with Gasteiger partial charge in [0.1, 0.15) is 11.6 Å². The third-order valence-electron chi connectivity index (χ3n) is 2.01. The number of carbonyl (C=O) groups excluding carboxylic acids is 1. The number of rotatable bonds is 0. The van der Waals surface area contributed by atoms with Crippen LogP contribution in [-0.4, -0.2) is 10.9 Å². The molecule has 0 heterocycles. The molecule has 0 spiro atoms. The first kappa shape index (κ1) is 7.98. The maximum atomic E-state index is 12.7. The van der Waals surface area contributed by atoms with Gasteiger partial charge in [-0.1, -0.05) is 6.07 Å². The summed E-state index contributed by atoms with van der Waals surface area (Å²) in [7, 11) is 0. The first-order valence-corrected chi connectivity index (χ1v) is 3.89. The quantitative estimate of drug-likeness (QED) is 0.658. The number of aliphatic hydroxyl groups excluding tert-OH is 1. The third-order valence-corrected chi connectivity index (χ3v) is 2.01. The van der Waals surface area contributed by atoms with E-state index >= 15 is 0 Å². The number of benzene rings is 1. The van der Waals surface area contributed by atoms with Crippen molar-refractivity contribution in [3.8, 4) is 0 Å². The highest BCUT2D eigenvalue weighted by Gasteiger charge is 2.16. The molecule has 0 amide bonds. The van der Waals surface area contributed by atoms with Crippen LogP contribution in [0.2, 0.25) is 0 Å². The van der Waals surface area contributed by atoms with Gasteiger partial charge in [0.15, 0.2) is 5.78 Å². The molecule has 2 nitrogen and oxygen atoms in total. The smallest absolute Gasteiger partial charge is 0.163 e. The summed E-state index contributed by atoms with van der Waals surface area (Å²) in [5.41, 5.74) is 1.09. The van der Waals surface area contributed by atoms with Crippen molar-refractivity contribution < 1.29 is 14.3 Å². The molecule has 0 fully saturated rings. The second-order valence-electron chi connectivity index (χ2n) is 2.97. The first-order chi connectivity index (χ1) is 6.16. The molecule has 0 saturated heterocycles. The monoisotopic (exact) mass is 178 g/mol. The molecule has 1 aliphatic rings. The standard InChI is InChI=1S/C10H7FO2/c11-7-2-1-6-3-8(12)5-10(13)9(6)4-7/h1-2,4-5,13H,3H2. The number of ketones is 1. The molecule has 0 radical (unpaired) electrons. The van der Waals surface area contributed by atoms with Crippen molar-refractivity contribution in [2.24, 2.45) is 0 Å². The van der Waals surface area contributed by atoms with E-state index in [1.165, 1.54) is 18.2 Å². The zero-order valence-corrected chi connectivity index (χ0v) is 6.75. The van der Waals surface area contributed by atoms with Gasteiger partial charge in [0.05, 0.1) is 0 Å². The lowest BCUT2D eigenvalue weighted by atomic mass is 9.95. The molecule has 66 valence electrons. The summed E-state index contributed by atoms with van der Waals surface area (Å²) >= 11 is 0. The van der Waals surface area contributed by atoms with Gasteiger partial charge >= 0.3 is 0 Å². The molecule has 0 atom stereocenters. The van der Waals surface area contributed by atoms with Gasteiger partial charge in [-0.25, -0.2) is 4.39 Å². The van der Waals surface area contributed by atoms with Gasteiger partial charge in [0, 0.05) is 18.1 Å². The Labute approximate surface area is 74.3 Å². The molecule has 1 N–H and O–H groups in total. The average molecular weight is 178 g/mol. The van der Waals surface area contributed by atoms with Crippen molar-refractivity contribution in [1.29, 1.82) is 0 Å². The van der Waals surface area contributed by atoms with Gasteiger partial charge in [-0.15, -0.1) is 0 Å². The number of aliphatic hydroxyl groups is 1. The fourth-order valence-electron chi connectivity index (χ4n) is 1.41. The molecule has 1 aliphatic carbocycles. The maximum Gasteiger partial charge on any atom is 0.163 e. The molecule has 1 aromatic rings. The summed E-state index contributed by atoms with van der Waals surface area (Å²) in [6.45, 7) is 0. The molecule has 0 bridgehead atoms. The van der Waals surface area contributed by atoms with E-state index in [0.717, 1.165) is 6.08 Å². The molecule has 13 heavy (non-hydrogen) atoms. The number of carbonyl (C=O) groups is 1. The first-order valence-electron chi connectivity index (χ1n) is 3.89. The average Bonchev–Trinajstić information content (AvgIpc) is 2.06. The van der Waals surface area contributed by atoms with E-state index in [0.29, 0.717) is 11.1 Å². The van der Waals surface area contributed by atoms with Crippen molar-refractivity contribution in [2.45, 2.75) is 6.42 Å². The van der Waals surface area contributed by atoms with Crippen molar-refractivity contribution in [2.75, 3.05) is 0 Å². The van der Waals surface area contributed by atoms with Crippen LogP contribution in [0.3, 0.4) is 0 Å². The Morgan fingerprint density at radius 3 is 2.92 bits per heavy atom. The van der Waals surface area contributed by atoms with Crippen LogP contribution >= 0.6 is 0 Å². The number of hydrogen-bond donors (Lipinski definition) is 1. The maximum absolute atomic E-state index is 12.7. The Morgan fingerprint density at radius 2 is 2.15 bits per heavy atom. The van der Waals surface area contributed by atoms with Crippen molar-refractivity contribution >= 4 is 11.5 Å². The Bertz CT molecular complexity index is 407. The van der Waals surface area contributed by atoms with Crippen LogP contribution in [0.25, 0.3) is 5.76 Å². The Hall–Kier alpha value is -1.64. The zero-order valence-electron chi connectivity index (χ0n) is 6.75. The number of hydrogen-bond acceptors (Lipinski definition) is 2. The van der Waals surface area contributed by atoms with Crippen LogP contribution in [-0.2, 0) is 11.2 Å². The highest BCUT2D eigenvalue weighted by molar-refractivity contribution is 6.00. The van der Waals surface area contributed by atoms with E-state index in [-0.39, 0.29) is 18.0 Å². The SMILES string of the molecule is O=C1C=C(O)c2cc(F)ccc2C1. The second-order valence-corrected chi connectivity index (χ2v) is 2.97. The van der Waals surface area contributed by atoms with E-state index in [1.807, 2.05) is 0 Å². The van der Waals surface area contributed by atoms with E-state index < -0.39 is 5.82 Å². The van der Waals surface area contributed by atoms with E-state index in [4.69, 9.17) is 0 Å². The fourth-order valence-corrected chi connectivity index (χ4v) is 1.41. The van der Waals surface area contributed by atoms with E-state index in [9.17, 15) is 14.3 Å². The minimum atomic E-state index is -0.409. The highest BCUT2D eigenvalue weighted by atomic mass is 19.1. The minimum absolute atomic E-state index is 0.147. The van der Waals surface area contributed by atoms with Crippen molar-refractivity contribution in [3.63, 3.8) is 0 Å². The Balaban J connectivity index is 2.60. The lowest BCUT2D eigenvalue weighted by molar-refractivity contribution is -0.114. The van der Waals surface area contributed by atoms with Crippen molar-refractivity contribution in [3.05, 3.63) is 41.2 Å². The Morgan fingerprint density at radius 1 is 1.38 bits per heavy atom. The summed E-state index contributed by atoms with van der Waals surface area (Å²) in [5.74, 6) is -0.713. The molecule has 0 unspecified atom stereocenters. The third kappa shape index (κ3) is 1.33. The molecule has 3 heteroatoms. The van der Waals surface area contributed by atoms with Crippen LogP contribution in [0, 0.1) is 5.82 Å². The summed E-state index contributed by atoms with van der Waals surface area (Å²) < 4.78 is 12.7. The van der Waals surface area contributed by atoms with Gasteiger partial charge in [-0.05, 0) is 17.7 Å². The lowest BCUT2D eigenvalue weighted by Gasteiger charge is -2.12. The summed E-state index contributed by atoms with van der Waals surface area (Å²) in [6.07, 6.45) is 1.36. The molecule has 0 aliphatic heterocycles. The fraction of sp³-hybridized carbons (Fsp3) is 0.100. The summed E-state index contributed by atoms with van der Waals surface area (Å²) in [4.78, 5) is 11.0. The molecule has 0 saturated carbocycles. The number of allylic oxidation sites excluding steroid dienone is 1. The van der Waals surface area contributed by atoms with Gasteiger partial charge in [0.25, 0.3) is 0 Å². The van der Waals surface area contributed by atoms with Gasteiger partial charge in [-0.3, -0.25) is 4.79 Å². The molecule has 1 aromatic carbocycles. The highest BCUT2D eigenvalue weighted by Crippen LogP contribution is 2.23. The Kier molecular flexibility index (Phi) is 1.65. The number of halogens is 1. The number of fused-ring (bicyclic) bond motifs is 1. The normalized spacial score (nSPS) is 15.2. The van der Waals surface area contributed by atoms with Crippen LogP contribution in [0.4, 0.5) is 4.39 Å². The van der Waals surface area contributed by atoms with E-state index in [2.05, 4.69) is 0 Å².